The highest BCUT2D eigenvalue weighted by molar-refractivity contribution is 8.03. The molecule has 1 fully saturated rings. The van der Waals surface area contributed by atoms with Crippen molar-refractivity contribution >= 4 is 40.8 Å². The van der Waals surface area contributed by atoms with Crippen molar-refractivity contribution in [2.75, 3.05) is 0 Å². The fourth-order valence-electron chi connectivity index (χ4n) is 4.29. The number of carbonyl (C=O) groups excluding carboxylic acids is 2. The molecule has 0 saturated heterocycles. The smallest absolute Gasteiger partial charge is 0.268 e. The minimum Gasteiger partial charge on any atom is -0.271 e. The van der Waals surface area contributed by atoms with Gasteiger partial charge in [0.05, 0.1) is 10.5 Å². The lowest BCUT2D eigenvalue weighted by molar-refractivity contribution is -0.139. The molecule has 5 heteroatoms. The highest BCUT2D eigenvalue weighted by atomic mass is 35.5. The quantitative estimate of drug-likeness (QED) is 0.501. The summed E-state index contributed by atoms with van der Waals surface area (Å²) in [6.07, 6.45) is 7.57. The van der Waals surface area contributed by atoms with Gasteiger partial charge in [-0.25, -0.2) is 0 Å². The van der Waals surface area contributed by atoms with Gasteiger partial charge >= 0.3 is 0 Å². The van der Waals surface area contributed by atoms with Crippen LogP contribution in [0, 0.1) is 0 Å². The minimum atomic E-state index is -0.150. The van der Waals surface area contributed by atoms with Crippen LogP contribution in [0.25, 0.3) is 5.57 Å². The predicted molar refractivity (Wildman–Crippen MR) is 124 cm³/mol. The molecule has 1 heterocycles. The Bertz CT molecular complexity index is 931. The SMILES string of the molecule is O=C1C(SCc2ccccc2)=C(c2ccc(Cl)cc2)C(=O)N1C1CCCCCCC1. The van der Waals surface area contributed by atoms with Gasteiger partial charge in [-0.3, -0.25) is 14.5 Å². The maximum Gasteiger partial charge on any atom is 0.268 e. The third-order valence-corrected chi connectivity index (χ3v) is 7.27. The molecular weight excluding hydrogens is 414 g/mol. The molecular formula is C25H26ClNO2S. The van der Waals surface area contributed by atoms with Gasteiger partial charge in [-0.05, 0) is 36.1 Å². The lowest BCUT2D eigenvalue weighted by Crippen LogP contribution is -2.41. The first-order valence-corrected chi connectivity index (χ1v) is 12.1. The van der Waals surface area contributed by atoms with Gasteiger partial charge in [0.15, 0.2) is 0 Å². The Morgan fingerprint density at radius 1 is 0.833 bits per heavy atom. The molecule has 0 unspecified atom stereocenters. The van der Waals surface area contributed by atoms with E-state index in [9.17, 15) is 9.59 Å². The van der Waals surface area contributed by atoms with Gasteiger partial charge in [-0.1, -0.05) is 86.2 Å². The molecule has 1 aliphatic heterocycles. The summed E-state index contributed by atoms with van der Waals surface area (Å²) in [7, 11) is 0. The van der Waals surface area contributed by atoms with E-state index in [-0.39, 0.29) is 17.9 Å². The fraction of sp³-hybridized carbons (Fsp3) is 0.360. The minimum absolute atomic E-state index is 0.00225. The Kier molecular flexibility index (Phi) is 6.96. The summed E-state index contributed by atoms with van der Waals surface area (Å²) in [5, 5.41) is 0.617. The zero-order valence-corrected chi connectivity index (χ0v) is 18.6. The van der Waals surface area contributed by atoms with Crippen LogP contribution in [0.2, 0.25) is 5.02 Å². The second-order valence-corrected chi connectivity index (χ2v) is 9.39. The monoisotopic (exact) mass is 439 g/mol. The van der Waals surface area contributed by atoms with Crippen molar-refractivity contribution in [1.29, 1.82) is 0 Å². The van der Waals surface area contributed by atoms with Gasteiger partial charge < -0.3 is 0 Å². The summed E-state index contributed by atoms with van der Waals surface area (Å²) in [6, 6.07) is 17.3. The summed E-state index contributed by atoms with van der Waals surface area (Å²) in [4.78, 5) is 29.1. The van der Waals surface area contributed by atoms with Crippen molar-refractivity contribution < 1.29 is 9.59 Å². The largest absolute Gasteiger partial charge is 0.271 e. The van der Waals surface area contributed by atoms with Gasteiger partial charge in [-0.15, -0.1) is 11.8 Å². The lowest BCUT2D eigenvalue weighted by Gasteiger charge is -2.28. The highest BCUT2D eigenvalue weighted by Crippen LogP contribution is 2.40. The fourth-order valence-corrected chi connectivity index (χ4v) is 5.49. The number of amides is 2. The average molecular weight is 440 g/mol. The first-order chi connectivity index (χ1) is 14.6. The van der Waals surface area contributed by atoms with Crippen LogP contribution in [0.1, 0.15) is 56.1 Å². The molecule has 4 rings (SSSR count). The second-order valence-electron chi connectivity index (χ2n) is 7.96. The van der Waals surface area contributed by atoms with Crippen molar-refractivity contribution in [3.63, 3.8) is 0 Å². The number of hydrogen-bond donors (Lipinski definition) is 0. The van der Waals surface area contributed by atoms with E-state index in [0.717, 1.165) is 36.8 Å². The van der Waals surface area contributed by atoms with E-state index in [1.165, 1.54) is 31.0 Å². The molecule has 1 saturated carbocycles. The van der Waals surface area contributed by atoms with Crippen LogP contribution < -0.4 is 0 Å². The first-order valence-electron chi connectivity index (χ1n) is 10.7. The number of thioether (sulfide) groups is 1. The molecule has 30 heavy (non-hydrogen) atoms. The van der Waals surface area contributed by atoms with Gasteiger partial charge in [0.1, 0.15) is 0 Å². The molecule has 156 valence electrons. The maximum atomic E-state index is 13.5. The molecule has 2 aliphatic rings. The summed E-state index contributed by atoms with van der Waals surface area (Å²) in [5.41, 5.74) is 2.43. The number of nitrogens with zero attached hydrogens (tertiary/aromatic N) is 1. The van der Waals surface area contributed by atoms with E-state index < -0.39 is 0 Å². The van der Waals surface area contributed by atoms with Crippen molar-refractivity contribution in [2.24, 2.45) is 0 Å². The van der Waals surface area contributed by atoms with Crippen LogP contribution in [0.15, 0.2) is 59.5 Å². The molecule has 3 nitrogen and oxygen atoms in total. The molecule has 0 N–H and O–H groups in total. The van der Waals surface area contributed by atoms with Gasteiger partial charge in [-0.2, -0.15) is 0 Å². The summed E-state index contributed by atoms with van der Waals surface area (Å²) >= 11 is 7.53. The highest BCUT2D eigenvalue weighted by Gasteiger charge is 2.42. The second kappa shape index (κ2) is 9.84. The topological polar surface area (TPSA) is 37.4 Å². The Hall–Kier alpha value is -2.04. The maximum absolute atomic E-state index is 13.5. The number of carbonyl (C=O) groups is 2. The number of imide groups is 1. The number of halogens is 1. The van der Waals surface area contributed by atoms with Crippen molar-refractivity contribution in [3.8, 4) is 0 Å². The van der Waals surface area contributed by atoms with Gasteiger partial charge in [0, 0.05) is 16.8 Å². The van der Waals surface area contributed by atoms with E-state index in [1.807, 2.05) is 42.5 Å². The molecule has 0 bridgehead atoms. The van der Waals surface area contributed by atoms with Crippen LogP contribution in [0.5, 0.6) is 0 Å². The van der Waals surface area contributed by atoms with Crippen LogP contribution >= 0.6 is 23.4 Å². The first kappa shape index (κ1) is 21.2. The molecule has 2 aromatic rings. The van der Waals surface area contributed by atoms with Crippen LogP contribution in [-0.4, -0.2) is 22.8 Å². The lowest BCUT2D eigenvalue weighted by atomic mass is 9.95. The Morgan fingerprint density at radius 2 is 1.47 bits per heavy atom. The Labute approximate surface area is 187 Å². The predicted octanol–water partition coefficient (Wildman–Crippen LogP) is 6.47. The zero-order valence-electron chi connectivity index (χ0n) is 17.0. The summed E-state index contributed by atoms with van der Waals surface area (Å²) < 4.78 is 0. The molecule has 1 aliphatic carbocycles. The average Bonchev–Trinajstić information content (AvgIpc) is 2.98. The van der Waals surface area contributed by atoms with Gasteiger partial charge in [0.25, 0.3) is 11.8 Å². The van der Waals surface area contributed by atoms with E-state index in [2.05, 4.69) is 0 Å². The summed E-state index contributed by atoms with van der Waals surface area (Å²) in [6.45, 7) is 0. The molecule has 0 aromatic heterocycles. The number of rotatable bonds is 5. The van der Waals surface area contributed by atoms with E-state index in [4.69, 9.17) is 11.6 Å². The summed E-state index contributed by atoms with van der Waals surface area (Å²) in [5.74, 6) is 0.380. The Balaban J connectivity index is 1.65. The Morgan fingerprint density at radius 3 is 2.13 bits per heavy atom. The van der Waals surface area contributed by atoms with E-state index in [1.54, 1.807) is 17.0 Å². The van der Waals surface area contributed by atoms with Crippen molar-refractivity contribution in [2.45, 2.75) is 56.7 Å². The molecule has 2 amide bonds. The van der Waals surface area contributed by atoms with Crippen molar-refractivity contribution in [3.05, 3.63) is 75.7 Å². The molecule has 2 aromatic carbocycles. The number of benzene rings is 2. The molecule has 0 spiro atoms. The van der Waals surface area contributed by atoms with Crippen molar-refractivity contribution in [1.82, 2.24) is 4.90 Å². The van der Waals surface area contributed by atoms with Gasteiger partial charge in [0.2, 0.25) is 0 Å². The molecule has 0 radical (unpaired) electrons. The molecule has 0 atom stereocenters. The third-order valence-electron chi connectivity index (χ3n) is 5.87. The van der Waals surface area contributed by atoms with Crippen LogP contribution in [0.4, 0.5) is 0 Å². The zero-order chi connectivity index (χ0) is 20.9. The number of hydrogen-bond acceptors (Lipinski definition) is 3. The third kappa shape index (κ3) is 4.65. The van der Waals surface area contributed by atoms with Crippen LogP contribution in [0.3, 0.4) is 0 Å². The standard InChI is InChI=1S/C25H26ClNO2S/c26-20-15-13-19(14-16-20)22-23(30-17-18-9-5-4-6-10-18)25(29)27(24(22)28)21-11-7-2-1-3-8-12-21/h4-6,9-10,13-16,21H,1-3,7-8,11-12,17H2. The van der Waals surface area contributed by atoms with E-state index >= 15 is 0 Å². The normalized spacial score (nSPS) is 18.6. The van der Waals surface area contributed by atoms with Crippen LogP contribution in [-0.2, 0) is 15.3 Å². The van der Waals surface area contributed by atoms with E-state index in [0.29, 0.717) is 21.3 Å².